The first kappa shape index (κ1) is 39.3. The van der Waals surface area contributed by atoms with Gasteiger partial charge in [-0.3, -0.25) is 0 Å². The number of hydrogen-bond acceptors (Lipinski definition) is 13. The number of rotatable bonds is 30. The molecule has 242 valence electrons. The third-order valence-corrected chi connectivity index (χ3v) is 4.43. The second-order valence-corrected chi connectivity index (χ2v) is 9.45. The van der Waals surface area contributed by atoms with E-state index in [4.69, 9.17) is 52.1 Å². The van der Waals surface area contributed by atoms with Crippen LogP contribution < -0.4 is 0 Å². The van der Waals surface area contributed by atoms with Crippen molar-refractivity contribution >= 4 is 11.9 Å². The van der Waals surface area contributed by atoms with Gasteiger partial charge in [0.15, 0.2) is 0 Å². The van der Waals surface area contributed by atoms with Gasteiger partial charge in [-0.15, -0.1) is 0 Å². The number of esters is 2. The fourth-order valence-electron chi connectivity index (χ4n) is 2.60. The van der Waals surface area contributed by atoms with Gasteiger partial charge in [-0.25, -0.2) is 9.59 Å². The van der Waals surface area contributed by atoms with Gasteiger partial charge in [0.05, 0.1) is 112 Å². The molecule has 0 atom stereocenters. The summed E-state index contributed by atoms with van der Waals surface area (Å²) in [5, 5.41) is 0. The molecule has 0 aliphatic carbocycles. The van der Waals surface area contributed by atoms with Crippen LogP contribution in [-0.4, -0.2) is 143 Å². The van der Waals surface area contributed by atoms with Crippen molar-refractivity contribution in [2.24, 2.45) is 0 Å². The van der Waals surface area contributed by atoms with Crippen molar-refractivity contribution in [3.8, 4) is 0 Å². The number of ether oxygens (including phenoxy) is 11. The van der Waals surface area contributed by atoms with Crippen molar-refractivity contribution in [3.63, 3.8) is 0 Å². The van der Waals surface area contributed by atoms with Crippen molar-refractivity contribution in [1.82, 2.24) is 0 Å². The van der Waals surface area contributed by atoms with E-state index >= 15 is 0 Å². The summed E-state index contributed by atoms with van der Waals surface area (Å²) in [5.74, 6) is -0.807. The summed E-state index contributed by atoms with van der Waals surface area (Å²) in [7, 11) is 0. The summed E-state index contributed by atoms with van der Waals surface area (Å²) < 4.78 is 58.4. The largest absolute Gasteiger partial charge is 0.460 e. The minimum atomic E-state index is -0.513. The lowest BCUT2D eigenvalue weighted by atomic mass is 10.2. The van der Waals surface area contributed by atoms with Gasteiger partial charge in [0.2, 0.25) is 0 Å². The van der Waals surface area contributed by atoms with Crippen LogP contribution >= 0.6 is 0 Å². The average Bonchev–Trinajstić information content (AvgIpc) is 2.91. The van der Waals surface area contributed by atoms with E-state index in [0.29, 0.717) is 118 Å². The highest BCUT2D eigenvalue weighted by molar-refractivity contribution is 5.86. The summed E-state index contributed by atoms with van der Waals surface area (Å²) in [5.41, 5.74) is -0.146. The van der Waals surface area contributed by atoms with Crippen LogP contribution in [0.15, 0.2) is 12.2 Å². The lowest BCUT2D eigenvalue weighted by Crippen LogP contribution is -2.27. The molecule has 0 aliphatic rings. The highest BCUT2D eigenvalue weighted by Gasteiger charge is 2.15. The van der Waals surface area contributed by atoms with E-state index in [-0.39, 0.29) is 13.2 Å². The monoisotopic (exact) mass is 596 g/mol. The highest BCUT2D eigenvalue weighted by Crippen LogP contribution is 2.06. The lowest BCUT2D eigenvalue weighted by molar-refractivity contribution is -0.160. The quantitative estimate of drug-likeness (QED) is 0.0675. The van der Waals surface area contributed by atoms with E-state index in [2.05, 4.69) is 6.58 Å². The SMILES string of the molecule is C=C(C)C(=O)OCCOCCOCCOCCOCCOCCOCCOCCOCCOCC(=O)OC(C)(C)C. The molecule has 0 amide bonds. The van der Waals surface area contributed by atoms with Gasteiger partial charge in [-0.1, -0.05) is 6.58 Å². The van der Waals surface area contributed by atoms with Crippen LogP contribution in [0.5, 0.6) is 0 Å². The average molecular weight is 597 g/mol. The molecule has 0 radical (unpaired) electrons. The molecule has 0 saturated heterocycles. The Morgan fingerprint density at radius 2 is 0.756 bits per heavy atom. The summed E-state index contributed by atoms with van der Waals surface area (Å²) >= 11 is 0. The lowest BCUT2D eigenvalue weighted by Gasteiger charge is -2.19. The summed E-state index contributed by atoms with van der Waals surface area (Å²) in [4.78, 5) is 22.6. The Bertz CT molecular complexity index is 637. The minimum absolute atomic E-state index is 0.0864. The van der Waals surface area contributed by atoms with E-state index in [1.165, 1.54) is 0 Å². The van der Waals surface area contributed by atoms with Gasteiger partial charge in [-0.05, 0) is 27.7 Å². The molecule has 0 aromatic rings. The van der Waals surface area contributed by atoms with Crippen LogP contribution in [0.3, 0.4) is 0 Å². The molecule has 0 aromatic heterocycles. The van der Waals surface area contributed by atoms with Gasteiger partial charge >= 0.3 is 11.9 Å². The van der Waals surface area contributed by atoms with E-state index < -0.39 is 17.5 Å². The Balaban J connectivity index is 3.13. The van der Waals surface area contributed by atoms with Crippen molar-refractivity contribution in [2.45, 2.75) is 33.3 Å². The van der Waals surface area contributed by atoms with Gasteiger partial charge < -0.3 is 52.1 Å². The van der Waals surface area contributed by atoms with Gasteiger partial charge in [0, 0.05) is 5.57 Å². The van der Waals surface area contributed by atoms with Crippen molar-refractivity contribution < 1.29 is 61.7 Å². The first-order chi connectivity index (χ1) is 19.7. The molecule has 41 heavy (non-hydrogen) atoms. The topological polar surface area (TPSA) is 136 Å². The van der Waals surface area contributed by atoms with E-state index in [9.17, 15) is 9.59 Å². The fraction of sp³-hybridized carbons (Fsp3) is 0.857. The number of carbonyl (C=O) groups is 2. The van der Waals surface area contributed by atoms with Crippen molar-refractivity contribution in [3.05, 3.63) is 12.2 Å². The van der Waals surface area contributed by atoms with Gasteiger partial charge in [0.25, 0.3) is 0 Å². The molecular weight excluding hydrogens is 544 g/mol. The molecule has 13 nitrogen and oxygen atoms in total. The fourth-order valence-corrected chi connectivity index (χ4v) is 2.60. The molecule has 0 aliphatic heterocycles. The smallest absolute Gasteiger partial charge is 0.333 e. The van der Waals surface area contributed by atoms with Crippen molar-refractivity contribution in [2.75, 3.05) is 126 Å². The Labute approximate surface area is 244 Å². The second-order valence-electron chi connectivity index (χ2n) is 9.45. The molecule has 0 heterocycles. The normalized spacial score (nSPS) is 11.5. The Morgan fingerprint density at radius 3 is 1.02 bits per heavy atom. The molecule has 13 heteroatoms. The maximum Gasteiger partial charge on any atom is 0.333 e. The predicted molar refractivity (Wildman–Crippen MR) is 149 cm³/mol. The third-order valence-electron chi connectivity index (χ3n) is 4.43. The predicted octanol–water partition coefficient (Wildman–Crippen LogP) is 1.60. The number of hydrogen-bond donors (Lipinski definition) is 0. The second kappa shape index (κ2) is 28.4. The highest BCUT2D eigenvalue weighted by atomic mass is 16.6. The standard InChI is InChI=1S/C28H52O13/c1-25(2)27(30)40-23-22-38-19-18-36-15-14-34-11-10-32-7-6-31-8-9-33-12-13-35-16-17-37-20-21-39-24-26(29)41-28(3,4)5/h1,6-24H2,2-5H3. The molecule has 0 rings (SSSR count). The maximum absolute atomic E-state index is 11.5. The molecule has 0 bridgehead atoms. The maximum atomic E-state index is 11.5. The third kappa shape index (κ3) is 32.7. The molecule has 0 spiro atoms. The molecule has 0 fully saturated rings. The Morgan fingerprint density at radius 1 is 0.488 bits per heavy atom. The zero-order chi connectivity index (χ0) is 30.4. The molecule has 0 unspecified atom stereocenters. The van der Waals surface area contributed by atoms with Crippen LogP contribution in [0, 0.1) is 0 Å². The van der Waals surface area contributed by atoms with E-state index in [1.807, 2.05) is 20.8 Å². The van der Waals surface area contributed by atoms with Crippen LogP contribution in [0.1, 0.15) is 27.7 Å². The molecule has 0 aromatic carbocycles. The van der Waals surface area contributed by atoms with E-state index in [0.717, 1.165) is 0 Å². The van der Waals surface area contributed by atoms with Crippen LogP contribution in [0.4, 0.5) is 0 Å². The number of carbonyl (C=O) groups excluding carboxylic acids is 2. The first-order valence-electron chi connectivity index (χ1n) is 14.0. The van der Waals surface area contributed by atoms with Crippen LogP contribution in [0.2, 0.25) is 0 Å². The van der Waals surface area contributed by atoms with Crippen molar-refractivity contribution in [1.29, 1.82) is 0 Å². The zero-order valence-electron chi connectivity index (χ0n) is 25.4. The summed E-state index contributed by atoms with van der Waals surface area (Å²) in [6.07, 6.45) is 0. The summed E-state index contributed by atoms with van der Waals surface area (Å²) in [6, 6.07) is 0. The minimum Gasteiger partial charge on any atom is -0.460 e. The van der Waals surface area contributed by atoms with Crippen LogP contribution in [-0.2, 0) is 61.7 Å². The zero-order valence-corrected chi connectivity index (χ0v) is 25.4. The van der Waals surface area contributed by atoms with Gasteiger partial charge in [-0.2, -0.15) is 0 Å². The van der Waals surface area contributed by atoms with Crippen LogP contribution in [0.25, 0.3) is 0 Å². The van der Waals surface area contributed by atoms with Gasteiger partial charge in [0.1, 0.15) is 18.8 Å². The Hall–Kier alpha value is -1.68. The first-order valence-corrected chi connectivity index (χ1v) is 14.0. The molecule has 0 saturated carbocycles. The van der Waals surface area contributed by atoms with E-state index in [1.54, 1.807) is 6.92 Å². The summed E-state index contributed by atoms with van der Waals surface area (Å²) in [6.45, 7) is 18.1. The Kier molecular flexibility index (Phi) is 27.3. The molecule has 0 N–H and O–H groups in total. The molecular formula is C28H52O13.